The van der Waals surface area contributed by atoms with E-state index in [2.05, 4.69) is 31.2 Å². The molecule has 1 aliphatic rings. The van der Waals surface area contributed by atoms with Crippen LogP contribution in [0.15, 0.2) is 24.3 Å². The maximum atomic E-state index is 5.46. The number of hydrogen-bond donors (Lipinski definition) is 0. The number of ether oxygens (including phenoxy) is 1. The molecule has 1 heteroatoms. The fourth-order valence-corrected chi connectivity index (χ4v) is 2.17. The lowest BCUT2D eigenvalue weighted by Crippen LogP contribution is -2.29. The van der Waals surface area contributed by atoms with E-state index in [9.17, 15) is 0 Å². The first kappa shape index (κ1) is 8.76. The molecule has 0 bridgehead atoms. The number of rotatable bonds is 1. The van der Waals surface area contributed by atoms with Gasteiger partial charge in [0.05, 0.1) is 6.10 Å². The predicted molar refractivity (Wildman–Crippen MR) is 53.8 cm³/mol. The van der Waals surface area contributed by atoms with Crippen molar-refractivity contribution in [3.8, 4) is 0 Å². The van der Waals surface area contributed by atoms with Crippen LogP contribution in [-0.4, -0.2) is 13.2 Å². The van der Waals surface area contributed by atoms with Crippen LogP contribution in [0.25, 0.3) is 0 Å². The van der Waals surface area contributed by atoms with Crippen molar-refractivity contribution < 1.29 is 4.74 Å². The Labute approximate surface area is 79.7 Å². The van der Waals surface area contributed by atoms with E-state index in [4.69, 9.17) is 4.74 Å². The second-order valence-corrected chi connectivity index (χ2v) is 3.93. The van der Waals surface area contributed by atoms with Crippen molar-refractivity contribution in [1.29, 1.82) is 0 Å². The van der Waals surface area contributed by atoms with E-state index in [1.807, 2.05) is 7.11 Å². The molecule has 0 amide bonds. The van der Waals surface area contributed by atoms with Crippen molar-refractivity contribution >= 4 is 0 Å². The Bertz CT molecular complexity index is 293. The highest BCUT2D eigenvalue weighted by molar-refractivity contribution is 5.30. The third kappa shape index (κ3) is 1.61. The quantitative estimate of drug-likeness (QED) is 0.638. The van der Waals surface area contributed by atoms with Crippen LogP contribution < -0.4 is 0 Å². The van der Waals surface area contributed by atoms with Crippen LogP contribution in [0.1, 0.15) is 18.1 Å². The summed E-state index contributed by atoms with van der Waals surface area (Å²) in [5.74, 6) is 0.653. The van der Waals surface area contributed by atoms with Gasteiger partial charge in [-0.1, -0.05) is 31.2 Å². The fraction of sp³-hybridized carbons (Fsp3) is 0.500. The van der Waals surface area contributed by atoms with E-state index in [-0.39, 0.29) is 0 Å². The highest BCUT2D eigenvalue weighted by Gasteiger charge is 2.24. The summed E-state index contributed by atoms with van der Waals surface area (Å²) in [5, 5.41) is 0. The normalized spacial score (nSPS) is 26.9. The molecular weight excluding hydrogens is 160 g/mol. The molecule has 0 spiro atoms. The largest absolute Gasteiger partial charge is 0.381 e. The van der Waals surface area contributed by atoms with Crippen molar-refractivity contribution in [2.24, 2.45) is 5.92 Å². The molecule has 0 N–H and O–H groups in total. The minimum atomic E-state index is 0.412. The van der Waals surface area contributed by atoms with Crippen LogP contribution in [0.5, 0.6) is 0 Å². The molecule has 0 fully saturated rings. The maximum absolute atomic E-state index is 5.46. The molecule has 0 saturated carbocycles. The Hall–Kier alpha value is -0.820. The highest BCUT2D eigenvalue weighted by Crippen LogP contribution is 2.26. The standard InChI is InChI=1S/C12H16O/c1-9-7-10-5-3-4-6-11(10)8-12(9)13-2/h3-6,9,12H,7-8H2,1-2H3. The summed E-state index contributed by atoms with van der Waals surface area (Å²) in [6.07, 6.45) is 2.65. The molecule has 70 valence electrons. The van der Waals surface area contributed by atoms with E-state index >= 15 is 0 Å². The number of methoxy groups -OCH3 is 1. The first-order valence-electron chi connectivity index (χ1n) is 4.91. The minimum Gasteiger partial charge on any atom is -0.381 e. The van der Waals surface area contributed by atoms with Crippen LogP contribution in [0.2, 0.25) is 0 Å². The van der Waals surface area contributed by atoms with Gasteiger partial charge in [0.15, 0.2) is 0 Å². The van der Waals surface area contributed by atoms with Gasteiger partial charge < -0.3 is 4.74 Å². The van der Waals surface area contributed by atoms with Crippen LogP contribution in [0.4, 0.5) is 0 Å². The zero-order chi connectivity index (χ0) is 9.26. The SMILES string of the molecule is COC1Cc2ccccc2CC1C. The number of fused-ring (bicyclic) bond motifs is 1. The lowest BCUT2D eigenvalue weighted by Gasteiger charge is -2.29. The van der Waals surface area contributed by atoms with Crippen LogP contribution in [-0.2, 0) is 17.6 Å². The summed E-state index contributed by atoms with van der Waals surface area (Å²) >= 11 is 0. The first-order chi connectivity index (χ1) is 6.31. The Balaban J connectivity index is 2.27. The summed E-state index contributed by atoms with van der Waals surface area (Å²) in [5.41, 5.74) is 2.97. The Morgan fingerprint density at radius 3 is 2.38 bits per heavy atom. The third-order valence-electron chi connectivity index (χ3n) is 3.02. The molecule has 2 atom stereocenters. The average molecular weight is 176 g/mol. The smallest absolute Gasteiger partial charge is 0.0640 e. The maximum Gasteiger partial charge on any atom is 0.0640 e. The van der Waals surface area contributed by atoms with Crippen molar-refractivity contribution in [2.75, 3.05) is 7.11 Å². The minimum absolute atomic E-state index is 0.412. The van der Waals surface area contributed by atoms with Crippen molar-refractivity contribution in [2.45, 2.75) is 25.9 Å². The first-order valence-corrected chi connectivity index (χ1v) is 4.91. The summed E-state index contributed by atoms with van der Waals surface area (Å²) in [6, 6.07) is 8.69. The summed E-state index contributed by atoms with van der Waals surface area (Å²) < 4.78 is 5.46. The molecule has 2 rings (SSSR count). The van der Waals surface area contributed by atoms with Gasteiger partial charge in [0.25, 0.3) is 0 Å². The molecular formula is C12H16O. The Morgan fingerprint density at radius 2 is 1.77 bits per heavy atom. The Kier molecular flexibility index (Phi) is 2.36. The molecule has 2 unspecified atom stereocenters. The topological polar surface area (TPSA) is 9.23 Å². The van der Waals surface area contributed by atoms with E-state index in [0.29, 0.717) is 12.0 Å². The number of hydrogen-bond acceptors (Lipinski definition) is 1. The highest BCUT2D eigenvalue weighted by atomic mass is 16.5. The van der Waals surface area contributed by atoms with Crippen molar-refractivity contribution in [1.82, 2.24) is 0 Å². The van der Waals surface area contributed by atoms with Gasteiger partial charge in [-0.25, -0.2) is 0 Å². The molecule has 1 aromatic rings. The molecule has 0 radical (unpaired) electrons. The van der Waals surface area contributed by atoms with Crippen LogP contribution in [0.3, 0.4) is 0 Å². The lowest BCUT2D eigenvalue weighted by atomic mass is 9.83. The van der Waals surface area contributed by atoms with Gasteiger partial charge >= 0.3 is 0 Å². The van der Waals surface area contributed by atoms with Crippen molar-refractivity contribution in [3.05, 3.63) is 35.4 Å². The lowest BCUT2D eigenvalue weighted by molar-refractivity contribution is 0.0532. The molecule has 1 nitrogen and oxygen atoms in total. The summed E-state index contributed by atoms with van der Waals surface area (Å²) in [7, 11) is 1.81. The zero-order valence-electron chi connectivity index (χ0n) is 8.29. The molecule has 0 aromatic heterocycles. The molecule has 0 aliphatic heterocycles. The zero-order valence-corrected chi connectivity index (χ0v) is 8.29. The van der Waals surface area contributed by atoms with Gasteiger partial charge in [-0.05, 0) is 29.9 Å². The van der Waals surface area contributed by atoms with Crippen LogP contribution >= 0.6 is 0 Å². The molecule has 13 heavy (non-hydrogen) atoms. The van der Waals surface area contributed by atoms with E-state index in [0.717, 1.165) is 12.8 Å². The van der Waals surface area contributed by atoms with Gasteiger partial charge in [0.2, 0.25) is 0 Å². The third-order valence-corrected chi connectivity index (χ3v) is 3.02. The molecule has 0 saturated heterocycles. The molecule has 1 aromatic carbocycles. The second kappa shape index (κ2) is 3.51. The summed E-state index contributed by atoms with van der Waals surface area (Å²) in [6.45, 7) is 2.27. The Morgan fingerprint density at radius 1 is 1.15 bits per heavy atom. The van der Waals surface area contributed by atoms with Crippen LogP contribution in [0, 0.1) is 5.92 Å². The second-order valence-electron chi connectivity index (χ2n) is 3.93. The van der Waals surface area contributed by atoms with Gasteiger partial charge in [0.1, 0.15) is 0 Å². The molecule has 0 heterocycles. The summed E-state index contributed by atoms with van der Waals surface area (Å²) in [4.78, 5) is 0. The predicted octanol–water partition coefficient (Wildman–Crippen LogP) is 2.44. The molecule has 1 aliphatic carbocycles. The van der Waals surface area contributed by atoms with Gasteiger partial charge in [0, 0.05) is 7.11 Å². The van der Waals surface area contributed by atoms with Gasteiger partial charge in [-0.15, -0.1) is 0 Å². The van der Waals surface area contributed by atoms with E-state index in [1.165, 1.54) is 11.1 Å². The van der Waals surface area contributed by atoms with E-state index < -0.39 is 0 Å². The van der Waals surface area contributed by atoms with E-state index in [1.54, 1.807) is 0 Å². The number of benzene rings is 1. The monoisotopic (exact) mass is 176 g/mol. The van der Waals surface area contributed by atoms with Gasteiger partial charge in [-0.2, -0.15) is 0 Å². The average Bonchev–Trinajstić information content (AvgIpc) is 2.17. The van der Waals surface area contributed by atoms with Gasteiger partial charge in [-0.3, -0.25) is 0 Å². The van der Waals surface area contributed by atoms with Crippen molar-refractivity contribution in [3.63, 3.8) is 0 Å². The fourth-order valence-electron chi connectivity index (χ4n) is 2.17.